The van der Waals surface area contributed by atoms with Gasteiger partial charge in [0.1, 0.15) is 4.92 Å². The predicted molar refractivity (Wildman–Crippen MR) is 38.4 cm³/mol. The van der Waals surface area contributed by atoms with Crippen molar-refractivity contribution in [2.45, 2.75) is 5.09 Å². The van der Waals surface area contributed by atoms with E-state index in [1.165, 1.54) is 0 Å². The summed E-state index contributed by atoms with van der Waals surface area (Å²) in [6.07, 6.45) is 0. The molecule has 0 radical (unpaired) electrons. The summed E-state index contributed by atoms with van der Waals surface area (Å²) in [6.45, 7) is 0. The van der Waals surface area contributed by atoms with Crippen LogP contribution in [0.4, 0.5) is 5.88 Å². The summed E-state index contributed by atoms with van der Waals surface area (Å²) in [5, 5.41) is 9.39. The lowest BCUT2D eigenvalue weighted by atomic mass is 10.6. The first-order chi connectivity index (χ1) is 5.41. The average molecular weight is 212 g/mol. The zero-order valence-corrected chi connectivity index (χ0v) is 7.00. The van der Waals surface area contributed by atoms with E-state index in [4.69, 9.17) is 10.7 Å². The maximum Gasteiger partial charge on any atom is 0.434 e. The van der Waals surface area contributed by atoms with Crippen LogP contribution >= 0.6 is 10.7 Å². The van der Waals surface area contributed by atoms with E-state index in [0.717, 1.165) is 12.1 Å². The molecule has 0 saturated heterocycles. The fraction of sp³-hybridized carbons (Fsp3) is 0. The van der Waals surface area contributed by atoms with Gasteiger partial charge in [0, 0.05) is 16.7 Å². The van der Waals surface area contributed by atoms with Gasteiger partial charge in [-0.25, -0.2) is 8.42 Å². The summed E-state index contributed by atoms with van der Waals surface area (Å²) in [4.78, 5) is 9.16. The molecule has 0 aliphatic carbocycles. The van der Waals surface area contributed by atoms with Crippen molar-refractivity contribution in [2.24, 2.45) is 0 Å². The van der Waals surface area contributed by atoms with Crippen molar-refractivity contribution in [3.63, 3.8) is 0 Å². The average Bonchev–Trinajstić information content (AvgIpc) is 2.30. The second-order valence-electron chi connectivity index (χ2n) is 1.79. The van der Waals surface area contributed by atoms with Gasteiger partial charge in [-0.3, -0.25) is 10.1 Å². The number of nitro groups is 1. The van der Waals surface area contributed by atoms with Crippen LogP contribution in [-0.4, -0.2) is 13.3 Å². The van der Waals surface area contributed by atoms with Crippen molar-refractivity contribution in [3.8, 4) is 0 Å². The highest BCUT2D eigenvalue weighted by Crippen LogP contribution is 2.22. The maximum absolute atomic E-state index is 10.5. The third-order valence-electron chi connectivity index (χ3n) is 0.987. The smallest absolute Gasteiger partial charge is 0.388 e. The molecule has 0 aliphatic heterocycles. The summed E-state index contributed by atoms with van der Waals surface area (Å²) in [5.41, 5.74) is 0. The Hall–Kier alpha value is -1.08. The summed E-state index contributed by atoms with van der Waals surface area (Å²) in [5.74, 6) is -0.658. The third kappa shape index (κ3) is 1.74. The molecule has 1 rings (SSSR count). The largest absolute Gasteiger partial charge is 0.434 e. The minimum absolute atomic E-state index is 0.629. The Bertz CT molecular complexity index is 407. The minimum Gasteiger partial charge on any atom is -0.388 e. The molecule has 6 nitrogen and oxygen atoms in total. The van der Waals surface area contributed by atoms with Gasteiger partial charge in [-0.2, -0.15) is 0 Å². The lowest BCUT2D eigenvalue weighted by Crippen LogP contribution is -1.87. The van der Waals surface area contributed by atoms with E-state index in [1.54, 1.807) is 0 Å². The van der Waals surface area contributed by atoms with Gasteiger partial charge in [-0.1, -0.05) is 0 Å². The number of furan rings is 1. The van der Waals surface area contributed by atoms with Crippen LogP contribution in [0.1, 0.15) is 0 Å². The van der Waals surface area contributed by atoms with Gasteiger partial charge in [0.15, 0.2) is 0 Å². The summed E-state index contributed by atoms with van der Waals surface area (Å²) in [6, 6.07) is 1.83. The van der Waals surface area contributed by atoms with E-state index in [1.807, 2.05) is 0 Å². The first kappa shape index (κ1) is 9.01. The van der Waals surface area contributed by atoms with Crippen LogP contribution in [0.2, 0.25) is 0 Å². The Kier molecular flexibility index (Phi) is 2.07. The van der Waals surface area contributed by atoms with Crippen LogP contribution < -0.4 is 0 Å². The Balaban J connectivity index is 3.17. The van der Waals surface area contributed by atoms with Crippen LogP contribution in [0.3, 0.4) is 0 Å². The molecular weight excluding hydrogens is 210 g/mol. The van der Waals surface area contributed by atoms with Gasteiger partial charge >= 0.3 is 5.88 Å². The Morgan fingerprint density at radius 2 is 2.08 bits per heavy atom. The molecule has 0 fully saturated rings. The zero-order valence-electron chi connectivity index (χ0n) is 5.43. The van der Waals surface area contributed by atoms with E-state index >= 15 is 0 Å². The quantitative estimate of drug-likeness (QED) is 0.415. The summed E-state index contributed by atoms with van der Waals surface area (Å²) in [7, 11) is 0.818. The van der Waals surface area contributed by atoms with Crippen LogP contribution in [-0.2, 0) is 9.05 Å². The Morgan fingerprint density at radius 3 is 2.33 bits per heavy atom. The fourth-order valence-corrected chi connectivity index (χ4v) is 1.20. The van der Waals surface area contributed by atoms with Crippen molar-refractivity contribution in [3.05, 3.63) is 22.2 Å². The number of nitrogens with zero attached hydrogens (tertiary/aromatic N) is 1. The standard InChI is InChI=1S/C4H2ClNO5S/c5-12(9,10)4-2-1-3(11-4)6(7)8/h1-2H. The van der Waals surface area contributed by atoms with Crippen molar-refractivity contribution in [1.29, 1.82) is 0 Å². The van der Waals surface area contributed by atoms with Crippen LogP contribution in [0.5, 0.6) is 0 Å². The molecule has 0 aliphatic rings. The molecule has 0 amide bonds. The number of halogens is 1. The highest BCUT2D eigenvalue weighted by Gasteiger charge is 2.20. The highest BCUT2D eigenvalue weighted by molar-refractivity contribution is 8.13. The SMILES string of the molecule is O=[N+]([O-])c1ccc(S(=O)(=O)Cl)o1. The molecule has 66 valence electrons. The summed E-state index contributed by atoms with van der Waals surface area (Å²) < 4.78 is 25.3. The molecular formula is C4H2ClNO5S. The molecule has 1 aromatic rings. The lowest BCUT2D eigenvalue weighted by Gasteiger charge is -1.84. The molecule has 0 unspecified atom stereocenters. The normalized spacial score (nSPS) is 11.4. The second kappa shape index (κ2) is 2.76. The highest BCUT2D eigenvalue weighted by atomic mass is 35.7. The molecule has 0 aromatic carbocycles. The van der Waals surface area contributed by atoms with Crippen LogP contribution in [0, 0.1) is 10.1 Å². The molecule has 1 aromatic heterocycles. The predicted octanol–water partition coefficient (Wildman–Crippen LogP) is 1.12. The number of hydrogen-bond acceptors (Lipinski definition) is 5. The van der Waals surface area contributed by atoms with Gasteiger partial charge in [0.05, 0.1) is 6.07 Å². The second-order valence-corrected chi connectivity index (χ2v) is 4.28. The number of hydrogen-bond donors (Lipinski definition) is 0. The Morgan fingerprint density at radius 1 is 1.50 bits per heavy atom. The maximum atomic E-state index is 10.5. The van der Waals surface area contributed by atoms with E-state index in [-0.39, 0.29) is 0 Å². The molecule has 0 spiro atoms. The molecule has 8 heteroatoms. The molecule has 1 heterocycles. The third-order valence-corrected chi connectivity index (χ3v) is 2.14. The van der Waals surface area contributed by atoms with Gasteiger partial charge in [-0.05, 0) is 0 Å². The van der Waals surface area contributed by atoms with Gasteiger partial charge in [0.2, 0.25) is 5.09 Å². The van der Waals surface area contributed by atoms with Gasteiger partial charge in [-0.15, -0.1) is 0 Å². The van der Waals surface area contributed by atoms with E-state index in [0.29, 0.717) is 0 Å². The minimum atomic E-state index is -4.01. The summed E-state index contributed by atoms with van der Waals surface area (Å²) >= 11 is 0. The Labute approximate surface area is 71.3 Å². The number of rotatable bonds is 2. The van der Waals surface area contributed by atoms with E-state index in [9.17, 15) is 18.5 Å². The van der Waals surface area contributed by atoms with Crippen LogP contribution in [0.15, 0.2) is 21.6 Å². The van der Waals surface area contributed by atoms with Crippen molar-refractivity contribution in [1.82, 2.24) is 0 Å². The van der Waals surface area contributed by atoms with Gasteiger partial charge in [0.25, 0.3) is 9.05 Å². The van der Waals surface area contributed by atoms with Crippen molar-refractivity contribution >= 4 is 25.6 Å². The lowest BCUT2D eigenvalue weighted by molar-refractivity contribution is -0.403. The molecule has 0 N–H and O–H groups in total. The van der Waals surface area contributed by atoms with Crippen LogP contribution in [0.25, 0.3) is 0 Å². The molecule has 0 bridgehead atoms. The monoisotopic (exact) mass is 211 g/mol. The fourth-order valence-electron chi connectivity index (χ4n) is 0.540. The van der Waals surface area contributed by atoms with Gasteiger partial charge < -0.3 is 4.42 Å². The zero-order chi connectivity index (χ0) is 9.35. The first-order valence-corrected chi connectivity index (χ1v) is 4.91. The van der Waals surface area contributed by atoms with E-state index < -0.39 is 25.0 Å². The van der Waals surface area contributed by atoms with Crippen molar-refractivity contribution in [2.75, 3.05) is 0 Å². The van der Waals surface area contributed by atoms with Crippen molar-refractivity contribution < 1.29 is 17.8 Å². The topological polar surface area (TPSA) is 90.4 Å². The molecule has 0 saturated carbocycles. The first-order valence-electron chi connectivity index (χ1n) is 2.60. The molecule has 0 atom stereocenters. The molecule has 12 heavy (non-hydrogen) atoms. The van der Waals surface area contributed by atoms with E-state index in [2.05, 4.69) is 4.42 Å².